The molecule has 0 aromatic heterocycles. The van der Waals surface area contributed by atoms with Crippen LogP contribution in [0.15, 0.2) is 0 Å². The fourth-order valence-electron chi connectivity index (χ4n) is 2.85. The van der Waals surface area contributed by atoms with Crippen molar-refractivity contribution < 1.29 is 4.74 Å². The zero-order chi connectivity index (χ0) is 12.5. The minimum atomic E-state index is 0.286. The number of ether oxygens (including phenoxy) is 1. The van der Waals surface area contributed by atoms with Gasteiger partial charge in [-0.05, 0) is 32.1 Å². The van der Waals surface area contributed by atoms with Gasteiger partial charge in [-0.1, -0.05) is 13.8 Å². The minimum absolute atomic E-state index is 0.286. The average Bonchev–Trinajstić information content (AvgIpc) is 2.73. The monoisotopic (exact) mass is 240 g/mol. The maximum Gasteiger partial charge on any atom is 0.0507 e. The van der Waals surface area contributed by atoms with Gasteiger partial charge in [0, 0.05) is 37.8 Å². The number of hydrogen-bond donors (Lipinski definition) is 1. The van der Waals surface area contributed by atoms with E-state index in [0.29, 0.717) is 12.0 Å². The van der Waals surface area contributed by atoms with Crippen LogP contribution in [0.25, 0.3) is 0 Å². The summed E-state index contributed by atoms with van der Waals surface area (Å²) in [6, 6.07) is 0.644. The second-order valence-corrected chi connectivity index (χ2v) is 6.68. The standard InChI is InChI=1S/C14H28N2O/c1-11(2)13-8-16(14(3,4)10-15-13)7-12-5-6-17-9-12/h11-13,15H,5-10H2,1-4H3. The van der Waals surface area contributed by atoms with Gasteiger partial charge in [0.05, 0.1) is 6.61 Å². The van der Waals surface area contributed by atoms with Crippen LogP contribution in [0.2, 0.25) is 0 Å². The van der Waals surface area contributed by atoms with Gasteiger partial charge in [-0.2, -0.15) is 0 Å². The summed E-state index contributed by atoms with van der Waals surface area (Å²) in [6.07, 6.45) is 1.24. The van der Waals surface area contributed by atoms with E-state index in [2.05, 4.69) is 37.9 Å². The van der Waals surface area contributed by atoms with Gasteiger partial charge in [0.1, 0.15) is 0 Å². The van der Waals surface area contributed by atoms with Crippen molar-refractivity contribution >= 4 is 0 Å². The maximum absolute atomic E-state index is 5.50. The van der Waals surface area contributed by atoms with E-state index in [1.165, 1.54) is 19.5 Å². The Kier molecular flexibility index (Phi) is 4.11. The molecule has 100 valence electrons. The molecule has 0 spiro atoms. The van der Waals surface area contributed by atoms with Crippen molar-refractivity contribution in [3.05, 3.63) is 0 Å². The summed E-state index contributed by atoms with van der Waals surface area (Å²) in [4.78, 5) is 2.67. The smallest absolute Gasteiger partial charge is 0.0507 e. The SMILES string of the molecule is CC(C)C1CN(CC2CCOC2)C(C)(C)CN1. The van der Waals surface area contributed by atoms with Gasteiger partial charge in [0.15, 0.2) is 0 Å². The Bertz CT molecular complexity index is 245. The summed E-state index contributed by atoms with van der Waals surface area (Å²) in [5.74, 6) is 1.47. The van der Waals surface area contributed by atoms with E-state index in [4.69, 9.17) is 4.74 Å². The third kappa shape index (κ3) is 3.21. The fourth-order valence-corrected chi connectivity index (χ4v) is 2.85. The molecule has 2 unspecified atom stereocenters. The van der Waals surface area contributed by atoms with Gasteiger partial charge in [-0.15, -0.1) is 0 Å². The first-order valence-corrected chi connectivity index (χ1v) is 7.05. The first kappa shape index (κ1) is 13.3. The van der Waals surface area contributed by atoms with Gasteiger partial charge >= 0.3 is 0 Å². The maximum atomic E-state index is 5.50. The highest BCUT2D eigenvalue weighted by Gasteiger charge is 2.36. The molecular formula is C14H28N2O. The number of nitrogens with zero attached hydrogens (tertiary/aromatic N) is 1. The van der Waals surface area contributed by atoms with Crippen molar-refractivity contribution in [1.82, 2.24) is 10.2 Å². The van der Waals surface area contributed by atoms with Crippen LogP contribution in [0.4, 0.5) is 0 Å². The summed E-state index contributed by atoms with van der Waals surface area (Å²) in [5.41, 5.74) is 0.286. The molecule has 0 amide bonds. The van der Waals surface area contributed by atoms with Crippen LogP contribution in [0.3, 0.4) is 0 Å². The molecule has 3 nitrogen and oxygen atoms in total. The Hall–Kier alpha value is -0.120. The minimum Gasteiger partial charge on any atom is -0.381 e. The number of nitrogens with one attached hydrogen (secondary N) is 1. The molecule has 0 saturated carbocycles. The van der Waals surface area contributed by atoms with Crippen molar-refractivity contribution in [2.24, 2.45) is 11.8 Å². The lowest BCUT2D eigenvalue weighted by molar-refractivity contribution is 0.0382. The normalized spacial score (nSPS) is 34.4. The van der Waals surface area contributed by atoms with Crippen LogP contribution < -0.4 is 5.32 Å². The van der Waals surface area contributed by atoms with E-state index in [1.54, 1.807) is 0 Å². The Morgan fingerprint density at radius 3 is 2.76 bits per heavy atom. The highest BCUT2D eigenvalue weighted by Crippen LogP contribution is 2.24. The van der Waals surface area contributed by atoms with Crippen molar-refractivity contribution in [3.63, 3.8) is 0 Å². The van der Waals surface area contributed by atoms with E-state index in [9.17, 15) is 0 Å². The molecule has 0 aromatic carbocycles. The predicted molar refractivity (Wildman–Crippen MR) is 71.2 cm³/mol. The fraction of sp³-hybridized carbons (Fsp3) is 1.00. The zero-order valence-corrected chi connectivity index (χ0v) is 11.8. The van der Waals surface area contributed by atoms with E-state index in [1.807, 2.05) is 0 Å². The molecule has 0 radical (unpaired) electrons. The van der Waals surface area contributed by atoms with Crippen molar-refractivity contribution in [3.8, 4) is 0 Å². The molecule has 0 aromatic rings. The number of piperazine rings is 1. The second kappa shape index (κ2) is 5.25. The quantitative estimate of drug-likeness (QED) is 0.813. The lowest BCUT2D eigenvalue weighted by atomic mass is 9.91. The number of rotatable bonds is 3. The van der Waals surface area contributed by atoms with Gasteiger partial charge in [0.2, 0.25) is 0 Å². The van der Waals surface area contributed by atoms with E-state index in [0.717, 1.165) is 25.7 Å². The molecule has 2 aliphatic heterocycles. The van der Waals surface area contributed by atoms with Gasteiger partial charge in [-0.3, -0.25) is 4.90 Å². The van der Waals surface area contributed by atoms with Crippen molar-refractivity contribution in [2.75, 3.05) is 32.8 Å². The summed E-state index contributed by atoms with van der Waals surface area (Å²) in [5, 5.41) is 3.69. The molecule has 1 N–H and O–H groups in total. The van der Waals surface area contributed by atoms with Crippen molar-refractivity contribution in [2.45, 2.75) is 45.7 Å². The molecule has 2 saturated heterocycles. The molecule has 2 heterocycles. The van der Waals surface area contributed by atoms with Crippen LogP contribution in [-0.2, 0) is 4.74 Å². The molecular weight excluding hydrogens is 212 g/mol. The highest BCUT2D eigenvalue weighted by atomic mass is 16.5. The topological polar surface area (TPSA) is 24.5 Å². The molecule has 2 fully saturated rings. The van der Waals surface area contributed by atoms with E-state index < -0.39 is 0 Å². The van der Waals surface area contributed by atoms with Gasteiger partial charge in [0.25, 0.3) is 0 Å². The lowest BCUT2D eigenvalue weighted by Crippen LogP contribution is -2.63. The number of hydrogen-bond acceptors (Lipinski definition) is 3. The van der Waals surface area contributed by atoms with Crippen LogP contribution in [0.1, 0.15) is 34.1 Å². The summed E-state index contributed by atoms with van der Waals surface area (Å²) in [6.45, 7) is 14.7. The van der Waals surface area contributed by atoms with Crippen LogP contribution in [-0.4, -0.2) is 49.3 Å². The Morgan fingerprint density at radius 2 is 2.18 bits per heavy atom. The van der Waals surface area contributed by atoms with Gasteiger partial charge < -0.3 is 10.1 Å². The predicted octanol–water partition coefficient (Wildman–Crippen LogP) is 1.73. The Balaban J connectivity index is 1.95. The first-order chi connectivity index (χ1) is 7.99. The third-order valence-electron chi connectivity index (χ3n) is 4.38. The molecule has 2 rings (SSSR count). The zero-order valence-electron chi connectivity index (χ0n) is 11.8. The lowest BCUT2D eigenvalue weighted by Gasteiger charge is -2.48. The molecule has 17 heavy (non-hydrogen) atoms. The average molecular weight is 240 g/mol. The van der Waals surface area contributed by atoms with Gasteiger partial charge in [-0.25, -0.2) is 0 Å². The Morgan fingerprint density at radius 1 is 1.41 bits per heavy atom. The van der Waals surface area contributed by atoms with E-state index >= 15 is 0 Å². The van der Waals surface area contributed by atoms with Crippen LogP contribution in [0.5, 0.6) is 0 Å². The second-order valence-electron chi connectivity index (χ2n) is 6.68. The van der Waals surface area contributed by atoms with Crippen LogP contribution in [0, 0.1) is 11.8 Å². The molecule has 2 atom stereocenters. The first-order valence-electron chi connectivity index (χ1n) is 7.05. The van der Waals surface area contributed by atoms with Crippen molar-refractivity contribution in [1.29, 1.82) is 0 Å². The highest BCUT2D eigenvalue weighted by molar-refractivity contribution is 4.94. The summed E-state index contributed by atoms with van der Waals surface area (Å²) < 4.78 is 5.50. The third-order valence-corrected chi connectivity index (χ3v) is 4.38. The Labute approximate surface area is 106 Å². The summed E-state index contributed by atoms with van der Waals surface area (Å²) >= 11 is 0. The summed E-state index contributed by atoms with van der Waals surface area (Å²) in [7, 11) is 0. The molecule has 0 bridgehead atoms. The molecule has 3 heteroatoms. The van der Waals surface area contributed by atoms with Crippen LogP contribution >= 0.6 is 0 Å². The van der Waals surface area contributed by atoms with E-state index in [-0.39, 0.29) is 5.54 Å². The largest absolute Gasteiger partial charge is 0.381 e. The molecule has 0 aliphatic carbocycles. The molecule has 2 aliphatic rings.